The highest BCUT2D eigenvalue weighted by Gasteiger charge is 2.36. The van der Waals surface area contributed by atoms with Crippen molar-refractivity contribution in [1.82, 2.24) is 4.57 Å². The lowest BCUT2D eigenvalue weighted by Crippen LogP contribution is -2.14. The summed E-state index contributed by atoms with van der Waals surface area (Å²) in [7, 11) is 0. The topological polar surface area (TPSA) is 17.0 Å². The maximum atomic E-state index is 3.82. The van der Waals surface area contributed by atoms with Crippen LogP contribution in [-0.2, 0) is 5.41 Å². The highest BCUT2D eigenvalue weighted by atomic mass is 15.0. The summed E-state index contributed by atoms with van der Waals surface area (Å²) in [5.41, 5.74) is 15.9. The number of rotatable bonds is 5. The van der Waals surface area contributed by atoms with E-state index in [1.807, 2.05) is 0 Å². The molecule has 0 spiro atoms. The van der Waals surface area contributed by atoms with Gasteiger partial charge in [-0.05, 0) is 98.2 Å². The van der Waals surface area contributed by atoms with E-state index in [1.54, 1.807) is 0 Å². The number of benzene rings is 9. The third-order valence-corrected chi connectivity index (χ3v) is 12.0. The summed E-state index contributed by atoms with van der Waals surface area (Å²) in [6.07, 6.45) is 0. The summed E-state index contributed by atoms with van der Waals surface area (Å²) in [4.78, 5) is 0. The third-order valence-electron chi connectivity index (χ3n) is 12.0. The van der Waals surface area contributed by atoms with Gasteiger partial charge in [-0.2, -0.15) is 0 Å². The molecular weight excluding hydrogens is 665 g/mol. The fourth-order valence-corrected chi connectivity index (χ4v) is 9.22. The first-order chi connectivity index (χ1) is 27.0. The second-order valence-corrected chi connectivity index (χ2v) is 15.4. The van der Waals surface area contributed by atoms with Gasteiger partial charge in [-0.15, -0.1) is 0 Å². The Hall–Kier alpha value is -6.90. The minimum Gasteiger partial charge on any atom is -0.355 e. The van der Waals surface area contributed by atoms with Gasteiger partial charge in [0, 0.05) is 43.9 Å². The summed E-state index contributed by atoms with van der Waals surface area (Å²) in [5.74, 6) is 0. The maximum Gasteiger partial charge on any atom is 0.0547 e. The predicted octanol–water partition coefficient (Wildman–Crippen LogP) is 14.5. The van der Waals surface area contributed by atoms with Gasteiger partial charge in [0.15, 0.2) is 0 Å². The predicted molar refractivity (Wildman–Crippen MR) is 234 cm³/mol. The molecule has 260 valence electrons. The van der Waals surface area contributed by atoms with Crippen molar-refractivity contribution in [3.8, 4) is 39.1 Å². The van der Waals surface area contributed by atoms with Gasteiger partial charge in [-0.1, -0.05) is 153 Å². The van der Waals surface area contributed by atoms with Gasteiger partial charge in [-0.3, -0.25) is 0 Å². The molecule has 1 aliphatic rings. The zero-order chi connectivity index (χ0) is 36.7. The number of aromatic nitrogens is 1. The molecule has 2 heteroatoms. The zero-order valence-corrected chi connectivity index (χ0v) is 30.8. The van der Waals surface area contributed by atoms with Crippen LogP contribution in [0.4, 0.5) is 11.4 Å². The summed E-state index contributed by atoms with van der Waals surface area (Å²) < 4.78 is 2.50. The lowest BCUT2D eigenvalue weighted by atomic mass is 9.82. The number of anilines is 2. The molecule has 0 amide bonds. The van der Waals surface area contributed by atoms with Crippen LogP contribution in [-0.4, -0.2) is 4.57 Å². The van der Waals surface area contributed by atoms with Crippen molar-refractivity contribution in [3.05, 3.63) is 199 Å². The zero-order valence-electron chi connectivity index (χ0n) is 30.8. The first-order valence-electron chi connectivity index (χ1n) is 19.2. The van der Waals surface area contributed by atoms with E-state index in [2.05, 4.69) is 212 Å². The monoisotopic (exact) mass is 702 g/mol. The van der Waals surface area contributed by atoms with Gasteiger partial charge >= 0.3 is 0 Å². The number of fused-ring (bicyclic) bond motifs is 8. The Morgan fingerprint density at radius 1 is 0.382 bits per heavy atom. The lowest BCUT2D eigenvalue weighted by Gasteiger charge is -2.21. The van der Waals surface area contributed by atoms with Gasteiger partial charge in [0.1, 0.15) is 0 Å². The Balaban J connectivity index is 1.13. The molecule has 0 radical (unpaired) electrons. The summed E-state index contributed by atoms with van der Waals surface area (Å²) in [5, 5.41) is 11.3. The van der Waals surface area contributed by atoms with Gasteiger partial charge in [0.2, 0.25) is 0 Å². The second-order valence-electron chi connectivity index (χ2n) is 15.4. The van der Waals surface area contributed by atoms with Crippen LogP contribution in [0.2, 0.25) is 0 Å². The highest BCUT2D eigenvalue weighted by molar-refractivity contribution is 6.13. The molecule has 10 aromatic rings. The standard InChI is InChI=1S/C53H38N2/c1-53(2)46-23-11-10-22-41(46)43-33-52-45(32-47(43)53)44-31-38(27-29-51(44)55(52)50-25-13-19-35-17-7-9-21-40(35)50)37-26-28-49(42(30-37)36-14-4-3-5-15-36)54-48-24-12-18-34-16-6-8-20-39(34)48/h3-33,54H,1-2H3. The maximum absolute atomic E-state index is 3.82. The molecule has 1 aromatic heterocycles. The molecule has 0 bridgehead atoms. The Bertz CT molecular complexity index is 3140. The third kappa shape index (κ3) is 4.88. The smallest absolute Gasteiger partial charge is 0.0547 e. The van der Waals surface area contributed by atoms with E-state index in [0.717, 1.165) is 11.4 Å². The molecule has 0 fully saturated rings. The largest absolute Gasteiger partial charge is 0.355 e. The van der Waals surface area contributed by atoms with Crippen molar-refractivity contribution < 1.29 is 0 Å². The molecule has 0 unspecified atom stereocenters. The molecule has 9 aromatic carbocycles. The average Bonchev–Trinajstić information content (AvgIpc) is 3.67. The Morgan fingerprint density at radius 2 is 1.04 bits per heavy atom. The normalized spacial score (nSPS) is 13.1. The average molecular weight is 703 g/mol. The number of hydrogen-bond donors (Lipinski definition) is 1. The molecule has 0 aliphatic heterocycles. The molecule has 1 heterocycles. The van der Waals surface area contributed by atoms with Crippen molar-refractivity contribution in [1.29, 1.82) is 0 Å². The van der Waals surface area contributed by atoms with Gasteiger partial charge in [0.05, 0.1) is 16.7 Å². The number of nitrogens with one attached hydrogen (secondary N) is 1. The molecule has 55 heavy (non-hydrogen) atoms. The van der Waals surface area contributed by atoms with E-state index in [9.17, 15) is 0 Å². The first kappa shape index (κ1) is 31.6. The molecule has 0 saturated carbocycles. The Kier molecular flexibility index (Phi) is 6.93. The molecule has 0 atom stereocenters. The summed E-state index contributed by atoms with van der Waals surface area (Å²) in [6.45, 7) is 4.75. The van der Waals surface area contributed by atoms with E-state index in [0.29, 0.717) is 0 Å². The van der Waals surface area contributed by atoms with Crippen LogP contribution in [0.5, 0.6) is 0 Å². The van der Waals surface area contributed by atoms with E-state index in [1.165, 1.54) is 93.5 Å². The van der Waals surface area contributed by atoms with Crippen LogP contribution >= 0.6 is 0 Å². The highest BCUT2D eigenvalue weighted by Crippen LogP contribution is 2.51. The van der Waals surface area contributed by atoms with Crippen molar-refractivity contribution >= 4 is 54.7 Å². The quantitative estimate of drug-likeness (QED) is 0.189. The number of hydrogen-bond acceptors (Lipinski definition) is 1. The summed E-state index contributed by atoms with van der Waals surface area (Å²) >= 11 is 0. The molecule has 0 saturated heterocycles. The van der Waals surface area contributed by atoms with Crippen LogP contribution in [0.25, 0.3) is 82.4 Å². The van der Waals surface area contributed by atoms with Crippen LogP contribution in [0.3, 0.4) is 0 Å². The van der Waals surface area contributed by atoms with Crippen LogP contribution in [0, 0.1) is 0 Å². The Morgan fingerprint density at radius 3 is 1.89 bits per heavy atom. The minimum absolute atomic E-state index is 0.0942. The minimum atomic E-state index is -0.0942. The van der Waals surface area contributed by atoms with Crippen molar-refractivity contribution in [3.63, 3.8) is 0 Å². The van der Waals surface area contributed by atoms with Crippen LogP contribution < -0.4 is 5.32 Å². The van der Waals surface area contributed by atoms with Crippen molar-refractivity contribution in [2.75, 3.05) is 5.32 Å². The van der Waals surface area contributed by atoms with Gasteiger partial charge in [0.25, 0.3) is 0 Å². The van der Waals surface area contributed by atoms with Crippen molar-refractivity contribution in [2.24, 2.45) is 0 Å². The summed E-state index contributed by atoms with van der Waals surface area (Å²) in [6, 6.07) is 69.0. The Labute approximate surface area is 321 Å². The fourth-order valence-electron chi connectivity index (χ4n) is 9.22. The van der Waals surface area contributed by atoms with Gasteiger partial charge < -0.3 is 9.88 Å². The molecule has 2 nitrogen and oxygen atoms in total. The molecule has 1 aliphatic carbocycles. The first-order valence-corrected chi connectivity index (χ1v) is 19.2. The van der Waals surface area contributed by atoms with E-state index in [-0.39, 0.29) is 5.41 Å². The molecule has 1 N–H and O–H groups in total. The fraction of sp³-hybridized carbons (Fsp3) is 0.0566. The van der Waals surface area contributed by atoms with Crippen LogP contribution in [0.15, 0.2) is 188 Å². The second kappa shape index (κ2) is 12.1. The lowest BCUT2D eigenvalue weighted by molar-refractivity contribution is 0.661. The van der Waals surface area contributed by atoms with E-state index in [4.69, 9.17) is 0 Å². The number of nitrogens with zero attached hydrogens (tertiary/aromatic N) is 1. The van der Waals surface area contributed by atoms with Gasteiger partial charge in [-0.25, -0.2) is 0 Å². The van der Waals surface area contributed by atoms with E-state index < -0.39 is 0 Å². The SMILES string of the molecule is CC1(C)c2ccccc2-c2cc3c(cc21)c1cc(-c2ccc(Nc4cccc5ccccc45)c(-c4ccccc4)c2)ccc1n3-c1cccc2ccccc12. The molecule has 11 rings (SSSR count). The van der Waals surface area contributed by atoms with Crippen molar-refractivity contribution in [2.45, 2.75) is 19.3 Å². The molecular formula is C53H38N2. The van der Waals surface area contributed by atoms with Crippen LogP contribution in [0.1, 0.15) is 25.0 Å². The van der Waals surface area contributed by atoms with E-state index >= 15 is 0 Å².